The van der Waals surface area contributed by atoms with Gasteiger partial charge in [0, 0.05) is 0 Å². The van der Waals surface area contributed by atoms with Crippen LogP contribution in [0.5, 0.6) is 0 Å². The van der Waals surface area contributed by atoms with Crippen molar-refractivity contribution in [1.82, 2.24) is 0 Å². The standard InChI is InChI=1S/C8H2N4/c1-2-7(3-9)8(4-10,5-11)6-12/h1H2. The molecule has 0 aromatic carbocycles. The summed E-state index contributed by atoms with van der Waals surface area (Å²) in [6.45, 7) is 3.10. The zero-order valence-electron chi connectivity index (χ0n) is 6.00. The van der Waals surface area contributed by atoms with Gasteiger partial charge in [0.25, 0.3) is 5.41 Å². The van der Waals surface area contributed by atoms with Gasteiger partial charge in [0.2, 0.25) is 0 Å². The predicted molar refractivity (Wildman–Crippen MR) is 37.5 cm³/mol. The van der Waals surface area contributed by atoms with Crippen molar-refractivity contribution in [2.24, 2.45) is 5.41 Å². The third kappa shape index (κ3) is 1.16. The fourth-order valence-corrected chi connectivity index (χ4v) is 0.499. The summed E-state index contributed by atoms with van der Waals surface area (Å²) in [6, 6.07) is 5.82. The van der Waals surface area contributed by atoms with Crippen LogP contribution in [0, 0.1) is 50.7 Å². The number of allylic oxidation sites excluding steroid dienone is 1. The topological polar surface area (TPSA) is 95.2 Å². The van der Waals surface area contributed by atoms with Gasteiger partial charge in [-0.15, -0.1) is 5.73 Å². The summed E-state index contributed by atoms with van der Waals surface area (Å²) in [7, 11) is 0. The molecule has 0 heterocycles. The highest BCUT2D eigenvalue weighted by Gasteiger charge is 2.35. The summed E-state index contributed by atoms with van der Waals surface area (Å²) in [5.74, 6) is 0. The molecule has 0 spiro atoms. The Bertz CT molecular complexity index is 362. The lowest BCUT2D eigenvalue weighted by atomic mass is 9.86. The van der Waals surface area contributed by atoms with Crippen LogP contribution in [0.2, 0.25) is 0 Å². The normalized spacial score (nSPS) is 7.67. The summed E-state index contributed by atoms with van der Waals surface area (Å²) in [4.78, 5) is 0. The second-order valence-corrected chi connectivity index (χ2v) is 1.75. The smallest absolute Gasteiger partial charge is 0.195 e. The predicted octanol–water partition coefficient (Wildman–Crippen LogP) is 0.778. The van der Waals surface area contributed by atoms with E-state index >= 15 is 0 Å². The maximum atomic E-state index is 8.47. The van der Waals surface area contributed by atoms with Gasteiger partial charge in [-0.3, -0.25) is 0 Å². The lowest BCUT2D eigenvalue weighted by Gasteiger charge is -2.02. The van der Waals surface area contributed by atoms with E-state index in [2.05, 4.69) is 12.3 Å². The molecule has 0 fully saturated rings. The summed E-state index contributed by atoms with van der Waals surface area (Å²) >= 11 is 0. The third-order valence-electron chi connectivity index (χ3n) is 1.17. The Balaban J connectivity index is 5.58. The summed E-state index contributed by atoms with van der Waals surface area (Å²) in [5, 5.41) is 33.8. The molecule has 0 aliphatic carbocycles. The van der Waals surface area contributed by atoms with Crippen molar-refractivity contribution in [2.45, 2.75) is 0 Å². The van der Waals surface area contributed by atoms with Crippen molar-refractivity contribution in [2.75, 3.05) is 0 Å². The van der Waals surface area contributed by atoms with E-state index in [0.29, 0.717) is 0 Å². The van der Waals surface area contributed by atoms with E-state index in [-0.39, 0.29) is 5.57 Å². The van der Waals surface area contributed by atoms with Crippen molar-refractivity contribution >= 4 is 0 Å². The summed E-state index contributed by atoms with van der Waals surface area (Å²) in [6.07, 6.45) is 0. The molecule has 0 radical (unpaired) electrons. The van der Waals surface area contributed by atoms with E-state index in [4.69, 9.17) is 21.0 Å². The maximum Gasteiger partial charge on any atom is 0.270 e. The number of hydrogen-bond donors (Lipinski definition) is 0. The van der Waals surface area contributed by atoms with Crippen LogP contribution in [0.4, 0.5) is 0 Å². The van der Waals surface area contributed by atoms with E-state index in [0.717, 1.165) is 0 Å². The highest BCUT2D eigenvalue weighted by atomic mass is 14.4. The first-order valence-corrected chi connectivity index (χ1v) is 2.75. The Morgan fingerprint density at radius 2 is 1.42 bits per heavy atom. The van der Waals surface area contributed by atoms with Crippen LogP contribution in [0.3, 0.4) is 0 Å². The van der Waals surface area contributed by atoms with Gasteiger partial charge in [-0.2, -0.15) is 21.0 Å². The Morgan fingerprint density at radius 1 is 1.00 bits per heavy atom. The molecule has 0 N–H and O–H groups in total. The first-order chi connectivity index (χ1) is 5.70. The molecule has 4 heteroatoms. The average molecular weight is 154 g/mol. The Hall–Kier alpha value is -2.52. The summed E-state index contributed by atoms with van der Waals surface area (Å²) in [5.41, 5.74) is -0.341. The molecule has 54 valence electrons. The van der Waals surface area contributed by atoms with E-state index in [1.807, 2.05) is 0 Å². The van der Waals surface area contributed by atoms with Crippen molar-refractivity contribution in [3.05, 3.63) is 17.9 Å². The van der Waals surface area contributed by atoms with Gasteiger partial charge >= 0.3 is 0 Å². The molecule has 0 unspecified atom stereocenters. The van der Waals surface area contributed by atoms with Crippen LogP contribution < -0.4 is 0 Å². The van der Waals surface area contributed by atoms with Crippen LogP contribution in [0.1, 0.15) is 0 Å². The first-order valence-electron chi connectivity index (χ1n) is 2.75. The second kappa shape index (κ2) is 3.60. The average Bonchev–Trinajstić information content (AvgIpc) is 2.14. The molecule has 0 atom stereocenters. The van der Waals surface area contributed by atoms with Crippen molar-refractivity contribution in [1.29, 1.82) is 21.0 Å². The van der Waals surface area contributed by atoms with Gasteiger partial charge in [-0.05, 0) is 0 Å². The molecule has 0 aliphatic rings. The molecule has 0 bridgehead atoms. The van der Waals surface area contributed by atoms with E-state index in [9.17, 15) is 0 Å². The maximum absolute atomic E-state index is 8.47. The molecule has 0 amide bonds. The molecule has 0 aliphatic heterocycles. The van der Waals surface area contributed by atoms with Gasteiger partial charge in [0.15, 0.2) is 0 Å². The number of nitriles is 4. The molecular weight excluding hydrogens is 152 g/mol. The van der Waals surface area contributed by atoms with E-state index in [1.54, 1.807) is 0 Å². The SMILES string of the molecule is C=C=C(C#N)C(C#N)(C#N)C#N. The molecule has 0 rings (SSSR count). The molecule has 12 heavy (non-hydrogen) atoms. The molecule has 0 saturated heterocycles. The van der Waals surface area contributed by atoms with E-state index in [1.165, 1.54) is 24.3 Å². The molecule has 0 aromatic heterocycles. The zero-order chi connectivity index (χ0) is 9.61. The fourth-order valence-electron chi connectivity index (χ4n) is 0.499. The molecule has 0 aromatic rings. The van der Waals surface area contributed by atoms with Gasteiger partial charge in [-0.1, -0.05) is 6.58 Å². The zero-order valence-corrected chi connectivity index (χ0v) is 6.00. The lowest BCUT2D eigenvalue weighted by Crippen LogP contribution is -2.14. The largest absolute Gasteiger partial charge is 0.270 e. The number of hydrogen-bond acceptors (Lipinski definition) is 4. The highest BCUT2D eigenvalue weighted by molar-refractivity contribution is 5.47. The minimum Gasteiger partial charge on any atom is -0.195 e. The van der Waals surface area contributed by atoms with Gasteiger partial charge in [-0.25, -0.2) is 0 Å². The Kier molecular flexibility index (Phi) is 2.84. The first kappa shape index (κ1) is 9.48. The van der Waals surface area contributed by atoms with Crippen molar-refractivity contribution in [3.8, 4) is 24.3 Å². The molecule has 4 nitrogen and oxygen atoms in total. The quantitative estimate of drug-likeness (QED) is 0.411. The molecular formula is C8H2N4. The van der Waals surface area contributed by atoms with Gasteiger partial charge < -0.3 is 0 Å². The van der Waals surface area contributed by atoms with Crippen LogP contribution in [-0.4, -0.2) is 0 Å². The van der Waals surface area contributed by atoms with Crippen LogP contribution in [-0.2, 0) is 0 Å². The molecule has 0 saturated carbocycles. The van der Waals surface area contributed by atoms with Crippen LogP contribution in [0.25, 0.3) is 0 Å². The third-order valence-corrected chi connectivity index (χ3v) is 1.17. The number of rotatable bonds is 1. The second-order valence-electron chi connectivity index (χ2n) is 1.75. The minimum atomic E-state index is -2.06. The Morgan fingerprint density at radius 3 is 1.50 bits per heavy atom. The van der Waals surface area contributed by atoms with Gasteiger partial charge in [0.05, 0.1) is 0 Å². The Labute approximate surface area is 69.5 Å². The van der Waals surface area contributed by atoms with Crippen LogP contribution in [0.15, 0.2) is 17.9 Å². The highest BCUT2D eigenvalue weighted by Crippen LogP contribution is 2.22. The monoisotopic (exact) mass is 154 g/mol. The summed E-state index contributed by atoms with van der Waals surface area (Å²) < 4.78 is 0. The van der Waals surface area contributed by atoms with Crippen molar-refractivity contribution < 1.29 is 0 Å². The van der Waals surface area contributed by atoms with E-state index < -0.39 is 5.41 Å². The lowest BCUT2D eigenvalue weighted by molar-refractivity contribution is 0.838. The van der Waals surface area contributed by atoms with Gasteiger partial charge in [0.1, 0.15) is 29.8 Å². The minimum absolute atomic E-state index is 0.366. The van der Waals surface area contributed by atoms with Crippen LogP contribution >= 0.6 is 0 Å². The number of nitrogens with zero attached hydrogens (tertiary/aromatic N) is 4. The van der Waals surface area contributed by atoms with Crippen molar-refractivity contribution in [3.63, 3.8) is 0 Å². The fraction of sp³-hybridized carbons (Fsp3) is 0.125.